The second kappa shape index (κ2) is 5.63. The Hall–Kier alpha value is -2.20. The molecule has 6 nitrogen and oxygen atoms in total. The molecule has 2 aromatic rings. The minimum atomic E-state index is -0.0158. The van der Waals surface area contributed by atoms with Gasteiger partial charge in [0.25, 0.3) is 0 Å². The van der Waals surface area contributed by atoms with Crippen LogP contribution in [0, 0.1) is 11.3 Å². The molecule has 98 valence electrons. The van der Waals surface area contributed by atoms with Crippen LogP contribution in [0.25, 0.3) is 10.7 Å². The van der Waals surface area contributed by atoms with Crippen LogP contribution in [0.2, 0.25) is 0 Å². The van der Waals surface area contributed by atoms with Gasteiger partial charge >= 0.3 is 6.01 Å². The summed E-state index contributed by atoms with van der Waals surface area (Å²) in [6, 6.07) is 5.93. The van der Waals surface area contributed by atoms with Crippen LogP contribution in [0.3, 0.4) is 0 Å². The Morgan fingerprint density at radius 2 is 2.11 bits per heavy atom. The number of hydrogen-bond donors (Lipinski definition) is 1. The largest absolute Gasteiger partial charge is 0.461 e. The van der Waals surface area contributed by atoms with Crippen molar-refractivity contribution >= 4 is 17.3 Å². The molecule has 0 unspecified atom stereocenters. The molecule has 0 saturated heterocycles. The molecule has 0 amide bonds. The van der Waals surface area contributed by atoms with Gasteiger partial charge in [-0.3, -0.25) is 0 Å². The van der Waals surface area contributed by atoms with Crippen molar-refractivity contribution in [3.8, 4) is 22.8 Å². The van der Waals surface area contributed by atoms with E-state index in [1.807, 2.05) is 19.9 Å². The van der Waals surface area contributed by atoms with Crippen molar-refractivity contribution in [1.29, 1.82) is 5.26 Å². The molecule has 0 radical (unpaired) electrons. The summed E-state index contributed by atoms with van der Waals surface area (Å²) in [7, 11) is 1.73. The Balaban J connectivity index is 2.41. The molecule has 2 heterocycles. The van der Waals surface area contributed by atoms with E-state index in [-0.39, 0.29) is 12.1 Å². The number of nitrogens with zero attached hydrogens (tertiary/aromatic N) is 4. The van der Waals surface area contributed by atoms with E-state index in [1.54, 1.807) is 13.1 Å². The van der Waals surface area contributed by atoms with Gasteiger partial charge < -0.3 is 10.1 Å². The highest BCUT2D eigenvalue weighted by atomic mass is 32.1. The molecule has 0 spiro atoms. The third-order valence-corrected chi connectivity index (χ3v) is 3.10. The van der Waals surface area contributed by atoms with Crippen molar-refractivity contribution in [2.75, 3.05) is 12.4 Å². The van der Waals surface area contributed by atoms with E-state index in [2.05, 4.69) is 26.3 Å². The fourth-order valence-electron chi connectivity index (χ4n) is 1.36. The highest BCUT2D eigenvalue weighted by molar-refractivity contribution is 7.15. The maximum absolute atomic E-state index is 8.84. The van der Waals surface area contributed by atoms with Gasteiger partial charge in [0, 0.05) is 7.05 Å². The number of aromatic nitrogens is 3. The molecule has 0 saturated carbocycles. The summed E-state index contributed by atoms with van der Waals surface area (Å²) in [4.78, 5) is 14.1. The van der Waals surface area contributed by atoms with Gasteiger partial charge in [-0.1, -0.05) is 0 Å². The molecule has 0 atom stereocenters. The first-order valence-electron chi connectivity index (χ1n) is 5.73. The summed E-state index contributed by atoms with van der Waals surface area (Å²) in [5.74, 6) is 0.939. The fourth-order valence-corrected chi connectivity index (χ4v) is 2.10. The topological polar surface area (TPSA) is 83.7 Å². The van der Waals surface area contributed by atoms with Crippen LogP contribution in [-0.4, -0.2) is 28.1 Å². The van der Waals surface area contributed by atoms with Crippen LogP contribution in [0.1, 0.15) is 18.7 Å². The van der Waals surface area contributed by atoms with Gasteiger partial charge in [-0.15, -0.1) is 11.3 Å². The second-order valence-electron chi connectivity index (χ2n) is 3.96. The highest BCUT2D eigenvalue weighted by Crippen LogP contribution is 2.26. The molecular formula is C12H13N5OS. The average Bonchev–Trinajstić information content (AvgIpc) is 2.86. The van der Waals surface area contributed by atoms with E-state index in [0.717, 1.165) is 4.88 Å². The molecule has 0 aliphatic heterocycles. The van der Waals surface area contributed by atoms with Crippen LogP contribution >= 0.6 is 11.3 Å². The lowest BCUT2D eigenvalue weighted by Gasteiger charge is -2.09. The second-order valence-corrected chi connectivity index (χ2v) is 5.04. The molecule has 1 N–H and O–H groups in total. The minimum Gasteiger partial charge on any atom is -0.461 e. The first kappa shape index (κ1) is 13.2. The lowest BCUT2D eigenvalue weighted by molar-refractivity contribution is 0.222. The van der Waals surface area contributed by atoms with Gasteiger partial charge in [0.2, 0.25) is 5.95 Å². The van der Waals surface area contributed by atoms with Gasteiger partial charge in [0.1, 0.15) is 10.9 Å². The molecular weight excluding hydrogens is 262 g/mol. The summed E-state index contributed by atoms with van der Waals surface area (Å²) in [5.41, 5.74) is 0. The SMILES string of the molecule is CNc1nc(OC(C)C)nc(-c2ccc(C#N)s2)n1. The van der Waals surface area contributed by atoms with E-state index in [1.165, 1.54) is 11.3 Å². The zero-order chi connectivity index (χ0) is 13.8. The molecule has 7 heteroatoms. The Labute approximate surface area is 115 Å². The molecule has 0 fully saturated rings. The predicted octanol–water partition coefficient (Wildman–Crippen LogP) is 2.30. The van der Waals surface area contributed by atoms with Gasteiger partial charge in [0.05, 0.1) is 11.0 Å². The van der Waals surface area contributed by atoms with E-state index in [0.29, 0.717) is 16.6 Å². The number of ether oxygens (including phenoxy) is 1. The molecule has 2 aromatic heterocycles. The number of nitrogens with one attached hydrogen (secondary N) is 1. The van der Waals surface area contributed by atoms with Crippen LogP contribution < -0.4 is 10.1 Å². The highest BCUT2D eigenvalue weighted by Gasteiger charge is 2.12. The number of thiophene rings is 1. The van der Waals surface area contributed by atoms with E-state index in [4.69, 9.17) is 10.00 Å². The van der Waals surface area contributed by atoms with Crippen LogP contribution in [0.4, 0.5) is 5.95 Å². The lowest BCUT2D eigenvalue weighted by Crippen LogP contribution is -2.10. The lowest BCUT2D eigenvalue weighted by atomic mass is 10.4. The zero-order valence-electron chi connectivity index (χ0n) is 10.8. The van der Waals surface area contributed by atoms with Gasteiger partial charge in [0.15, 0.2) is 5.82 Å². The van der Waals surface area contributed by atoms with Crippen LogP contribution in [0.15, 0.2) is 12.1 Å². The summed E-state index contributed by atoms with van der Waals surface area (Å²) >= 11 is 1.34. The first-order chi connectivity index (χ1) is 9.12. The predicted molar refractivity (Wildman–Crippen MR) is 73.2 cm³/mol. The fraction of sp³-hybridized carbons (Fsp3) is 0.333. The van der Waals surface area contributed by atoms with Gasteiger partial charge in [-0.05, 0) is 26.0 Å². The van der Waals surface area contributed by atoms with E-state index >= 15 is 0 Å². The molecule has 2 rings (SSSR count). The van der Waals surface area contributed by atoms with Gasteiger partial charge in [-0.2, -0.15) is 20.2 Å². The summed E-state index contributed by atoms with van der Waals surface area (Å²) in [5, 5.41) is 11.7. The van der Waals surface area contributed by atoms with Crippen LogP contribution in [-0.2, 0) is 0 Å². The Morgan fingerprint density at radius 3 is 2.68 bits per heavy atom. The van der Waals surface area contributed by atoms with Crippen LogP contribution in [0.5, 0.6) is 6.01 Å². The molecule has 0 bridgehead atoms. The summed E-state index contributed by atoms with van der Waals surface area (Å²) in [6.07, 6.45) is -0.0158. The number of anilines is 1. The Kier molecular flexibility index (Phi) is 3.92. The Bertz CT molecular complexity index is 617. The first-order valence-corrected chi connectivity index (χ1v) is 6.55. The molecule has 19 heavy (non-hydrogen) atoms. The van der Waals surface area contributed by atoms with Crippen molar-refractivity contribution in [3.05, 3.63) is 17.0 Å². The van der Waals surface area contributed by atoms with Crippen molar-refractivity contribution in [3.63, 3.8) is 0 Å². The third-order valence-electron chi connectivity index (χ3n) is 2.12. The molecule has 0 aliphatic carbocycles. The Morgan fingerprint density at radius 1 is 1.32 bits per heavy atom. The number of hydrogen-bond acceptors (Lipinski definition) is 7. The van der Waals surface area contributed by atoms with Crippen molar-refractivity contribution in [1.82, 2.24) is 15.0 Å². The van der Waals surface area contributed by atoms with E-state index < -0.39 is 0 Å². The quantitative estimate of drug-likeness (QED) is 0.921. The maximum atomic E-state index is 8.84. The number of nitriles is 1. The monoisotopic (exact) mass is 275 g/mol. The average molecular weight is 275 g/mol. The zero-order valence-corrected chi connectivity index (χ0v) is 11.7. The van der Waals surface area contributed by atoms with Gasteiger partial charge in [-0.25, -0.2) is 0 Å². The summed E-state index contributed by atoms with van der Waals surface area (Å²) < 4.78 is 5.49. The maximum Gasteiger partial charge on any atom is 0.322 e. The standard InChI is InChI=1S/C12H13N5OS/c1-7(2)18-12-16-10(15-11(14-3)17-12)9-5-4-8(6-13)19-9/h4-5,7H,1-3H3,(H,14,15,16,17). The third kappa shape index (κ3) is 3.17. The van der Waals surface area contributed by atoms with E-state index in [9.17, 15) is 0 Å². The summed E-state index contributed by atoms with van der Waals surface area (Å²) in [6.45, 7) is 3.81. The normalized spacial score (nSPS) is 10.3. The smallest absolute Gasteiger partial charge is 0.322 e. The number of rotatable bonds is 4. The van der Waals surface area contributed by atoms with Crippen molar-refractivity contribution in [2.24, 2.45) is 0 Å². The minimum absolute atomic E-state index is 0.0158. The molecule has 0 aromatic carbocycles. The molecule has 0 aliphatic rings. The van der Waals surface area contributed by atoms with Crippen molar-refractivity contribution < 1.29 is 4.74 Å². The van der Waals surface area contributed by atoms with Crippen molar-refractivity contribution in [2.45, 2.75) is 20.0 Å².